The van der Waals surface area contributed by atoms with E-state index in [1.165, 1.54) is 38.5 Å². The lowest BCUT2D eigenvalue weighted by Gasteiger charge is -2.25. The number of aryl methyl sites for hydroxylation is 1. The molecule has 0 bridgehead atoms. The molecular weight excluding hydrogens is 252 g/mol. The lowest BCUT2D eigenvalue weighted by Crippen LogP contribution is -2.43. The zero-order valence-electron chi connectivity index (χ0n) is 12.3. The molecule has 0 radical (unpaired) electrons. The van der Waals surface area contributed by atoms with Gasteiger partial charge in [-0.3, -0.25) is 4.90 Å². The molecule has 2 fully saturated rings. The van der Waals surface area contributed by atoms with Crippen LogP contribution in [0.1, 0.15) is 50.2 Å². The average Bonchev–Trinajstić information content (AvgIpc) is 2.95. The van der Waals surface area contributed by atoms with E-state index in [-0.39, 0.29) is 0 Å². The Bertz CT molecular complexity index is 394. The molecule has 112 valence electrons. The smallest absolute Gasteiger partial charge is 0.226 e. The number of nitrogens with one attached hydrogen (secondary N) is 1. The van der Waals surface area contributed by atoms with Crippen LogP contribution in [0.2, 0.25) is 0 Å². The first-order valence-corrected chi connectivity index (χ1v) is 8.15. The van der Waals surface area contributed by atoms with Crippen LogP contribution in [-0.4, -0.2) is 41.2 Å². The zero-order valence-corrected chi connectivity index (χ0v) is 12.3. The molecule has 0 amide bonds. The molecule has 1 aromatic heterocycles. The van der Waals surface area contributed by atoms with Gasteiger partial charge >= 0.3 is 0 Å². The molecule has 20 heavy (non-hydrogen) atoms. The summed E-state index contributed by atoms with van der Waals surface area (Å²) in [5.41, 5.74) is 0. The molecule has 0 atom stereocenters. The number of piperazine rings is 1. The van der Waals surface area contributed by atoms with E-state index in [0.717, 1.165) is 56.8 Å². The third kappa shape index (κ3) is 4.03. The van der Waals surface area contributed by atoms with Gasteiger partial charge in [-0.15, -0.1) is 0 Å². The van der Waals surface area contributed by atoms with Gasteiger partial charge in [-0.2, -0.15) is 4.98 Å². The van der Waals surface area contributed by atoms with Gasteiger partial charge in [-0.1, -0.05) is 37.3 Å². The fourth-order valence-corrected chi connectivity index (χ4v) is 3.33. The minimum Gasteiger partial charge on any atom is -0.339 e. The summed E-state index contributed by atoms with van der Waals surface area (Å²) in [5.74, 6) is 2.57. The average molecular weight is 278 g/mol. The zero-order chi connectivity index (χ0) is 13.6. The Labute approximate surface area is 121 Å². The minimum atomic E-state index is 0.828. The molecule has 1 aromatic rings. The van der Waals surface area contributed by atoms with Crippen LogP contribution < -0.4 is 5.32 Å². The van der Waals surface area contributed by atoms with Crippen LogP contribution in [0.25, 0.3) is 0 Å². The Morgan fingerprint density at radius 2 is 1.95 bits per heavy atom. The molecule has 0 aromatic carbocycles. The van der Waals surface area contributed by atoms with Crippen LogP contribution in [0.5, 0.6) is 0 Å². The first-order valence-electron chi connectivity index (χ1n) is 8.15. The van der Waals surface area contributed by atoms with Crippen molar-refractivity contribution < 1.29 is 4.52 Å². The Morgan fingerprint density at radius 1 is 1.15 bits per heavy atom. The molecular formula is C15H26N4O. The molecule has 5 nitrogen and oxygen atoms in total. The van der Waals surface area contributed by atoms with Crippen molar-refractivity contribution >= 4 is 0 Å². The van der Waals surface area contributed by atoms with Crippen molar-refractivity contribution in [3.8, 4) is 0 Å². The topological polar surface area (TPSA) is 54.2 Å². The monoisotopic (exact) mass is 278 g/mol. The van der Waals surface area contributed by atoms with Gasteiger partial charge in [-0.05, 0) is 12.3 Å². The summed E-state index contributed by atoms with van der Waals surface area (Å²) < 4.78 is 5.39. The maximum absolute atomic E-state index is 5.39. The van der Waals surface area contributed by atoms with Crippen molar-refractivity contribution in [3.63, 3.8) is 0 Å². The minimum absolute atomic E-state index is 0.828. The van der Waals surface area contributed by atoms with E-state index in [2.05, 4.69) is 20.4 Å². The fraction of sp³-hybridized carbons (Fsp3) is 0.867. The summed E-state index contributed by atoms with van der Waals surface area (Å²) >= 11 is 0. The first-order chi connectivity index (χ1) is 9.90. The number of hydrogen-bond donors (Lipinski definition) is 1. The highest BCUT2D eigenvalue weighted by Crippen LogP contribution is 2.27. The predicted octanol–water partition coefficient (Wildman–Crippen LogP) is 1.99. The van der Waals surface area contributed by atoms with Crippen LogP contribution in [0.4, 0.5) is 0 Å². The number of aromatic nitrogens is 2. The van der Waals surface area contributed by atoms with Crippen molar-refractivity contribution in [1.29, 1.82) is 0 Å². The van der Waals surface area contributed by atoms with Crippen LogP contribution in [0.15, 0.2) is 4.52 Å². The van der Waals surface area contributed by atoms with Crippen LogP contribution in [0.3, 0.4) is 0 Å². The van der Waals surface area contributed by atoms with Crippen LogP contribution in [-0.2, 0) is 13.0 Å². The highest BCUT2D eigenvalue weighted by atomic mass is 16.5. The van der Waals surface area contributed by atoms with E-state index >= 15 is 0 Å². The number of nitrogens with zero attached hydrogens (tertiary/aromatic N) is 3. The molecule has 1 aliphatic carbocycles. The third-order valence-electron chi connectivity index (χ3n) is 4.58. The van der Waals surface area contributed by atoms with Crippen LogP contribution in [0, 0.1) is 5.92 Å². The highest BCUT2D eigenvalue weighted by Gasteiger charge is 2.17. The maximum Gasteiger partial charge on any atom is 0.226 e. The van der Waals surface area contributed by atoms with Crippen LogP contribution >= 0.6 is 0 Å². The first kappa shape index (κ1) is 14.0. The molecule has 0 unspecified atom stereocenters. The molecule has 3 rings (SSSR count). The molecule has 1 saturated heterocycles. The SMILES string of the molecule is C1CCC(CCc2nc(CN3CCNCC3)no2)CC1. The van der Waals surface area contributed by atoms with E-state index in [0.29, 0.717) is 0 Å². The predicted molar refractivity (Wildman–Crippen MR) is 77.3 cm³/mol. The van der Waals surface area contributed by atoms with Gasteiger partial charge in [0.15, 0.2) is 5.82 Å². The summed E-state index contributed by atoms with van der Waals surface area (Å²) in [6.07, 6.45) is 9.19. The van der Waals surface area contributed by atoms with Crippen molar-refractivity contribution in [2.45, 2.75) is 51.5 Å². The lowest BCUT2D eigenvalue weighted by molar-refractivity contribution is 0.224. The highest BCUT2D eigenvalue weighted by molar-refractivity contribution is 4.88. The van der Waals surface area contributed by atoms with E-state index in [1.807, 2.05) is 0 Å². The molecule has 1 saturated carbocycles. The van der Waals surface area contributed by atoms with Gasteiger partial charge in [-0.25, -0.2) is 0 Å². The van der Waals surface area contributed by atoms with Crippen molar-refractivity contribution in [3.05, 3.63) is 11.7 Å². The van der Waals surface area contributed by atoms with Gasteiger partial charge < -0.3 is 9.84 Å². The number of rotatable bonds is 5. The standard InChI is InChI=1S/C15H26N4O/c1-2-4-13(5-3-1)6-7-15-17-14(18-20-15)12-19-10-8-16-9-11-19/h13,16H,1-12H2. The lowest BCUT2D eigenvalue weighted by atomic mass is 9.86. The second-order valence-corrected chi connectivity index (χ2v) is 6.17. The van der Waals surface area contributed by atoms with E-state index in [1.54, 1.807) is 0 Å². The second-order valence-electron chi connectivity index (χ2n) is 6.17. The molecule has 0 spiro atoms. The molecule has 1 aliphatic heterocycles. The van der Waals surface area contributed by atoms with Gasteiger partial charge in [0.05, 0.1) is 6.54 Å². The Morgan fingerprint density at radius 3 is 2.75 bits per heavy atom. The summed E-state index contributed by atoms with van der Waals surface area (Å²) in [5, 5.41) is 7.48. The normalized spacial score (nSPS) is 22.2. The quantitative estimate of drug-likeness (QED) is 0.892. The summed E-state index contributed by atoms with van der Waals surface area (Å²) in [7, 11) is 0. The Kier molecular flexibility index (Phi) is 5.03. The van der Waals surface area contributed by atoms with Gasteiger partial charge in [0, 0.05) is 32.6 Å². The molecule has 2 heterocycles. The number of hydrogen-bond acceptors (Lipinski definition) is 5. The second kappa shape index (κ2) is 7.18. The van der Waals surface area contributed by atoms with Crippen molar-refractivity contribution in [2.75, 3.05) is 26.2 Å². The van der Waals surface area contributed by atoms with Gasteiger partial charge in [0.2, 0.25) is 5.89 Å². The Hall–Kier alpha value is -0.940. The summed E-state index contributed by atoms with van der Waals surface area (Å²) in [4.78, 5) is 6.93. The van der Waals surface area contributed by atoms with E-state index in [9.17, 15) is 0 Å². The Balaban J connectivity index is 1.43. The largest absolute Gasteiger partial charge is 0.339 e. The van der Waals surface area contributed by atoms with E-state index < -0.39 is 0 Å². The fourth-order valence-electron chi connectivity index (χ4n) is 3.33. The van der Waals surface area contributed by atoms with Gasteiger partial charge in [0.1, 0.15) is 0 Å². The molecule has 1 N–H and O–H groups in total. The van der Waals surface area contributed by atoms with Crippen molar-refractivity contribution in [1.82, 2.24) is 20.4 Å². The van der Waals surface area contributed by atoms with E-state index in [4.69, 9.17) is 4.52 Å². The maximum atomic E-state index is 5.39. The molecule has 2 aliphatic rings. The third-order valence-corrected chi connectivity index (χ3v) is 4.58. The van der Waals surface area contributed by atoms with Crippen molar-refractivity contribution in [2.24, 2.45) is 5.92 Å². The summed E-state index contributed by atoms with van der Waals surface area (Å²) in [6, 6.07) is 0. The molecule has 5 heteroatoms. The summed E-state index contributed by atoms with van der Waals surface area (Å²) in [6.45, 7) is 5.10. The van der Waals surface area contributed by atoms with Gasteiger partial charge in [0.25, 0.3) is 0 Å².